The monoisotopic (exact) mass is 464 g/mol. The van der Waals surface area contributed by atoms with E-state index in [0.29, 0.717) is 42.9 Å². The summed E-state index contributed by atoms with van der Waals surface area (Å²) in [5.41, 5.74) is 1.60. The number of hydrogen-bond donors (Lipinski definition) is 1. The molecule has 1 aliphatic heterocycles. The molecule has 3 aromatic rings. The minimum absolute atomic E-state index is 0.267. The standard InChI is InChI=1S/C20H16BrF3N4O/c21-17-3-1-2-14(25-17)10-28-9-8-16-15(11-28)19(29)27-18(26-16)12-4-6-13(7-5-12)20(22,23)24/h1-7H,8-11H2,(H,26,27,29). The number of hydrogen-bond acceptors (Lipinski definition) is 4. The molecule has 1 aromatic carbocycles. The van der Waals surface area contributed by atoms with Crippen molar-refractivity contribution in [2.75, 3.05) is 6.54 Å². The van der Waals surface area contributed by atoms with E-state index >= 15 is 0 Å². The molecule has 0 atom stereocenters. The van der Waals surface area contributed by atoms with Crippen molar-refractivity contribution >= 4 is 15.9 Å². The van der Waals surface area contributed by atoms with E-state index in [2.05, 4.69) is 35.8 Å². The van der Waals surface area contributed by atoms with Gasteiger partial charge >= 0.3 is 6.18 Å². The van der Waals surface area contributed by atoms with Crippen molar-refractivity contribution in [3.05, 3.63) is 79.9 Å². The number of benzene rings is 1. The maximum Gasteiger partial charge on any atom is 0.416 e. The van der Waals surface area contributed by atoms with E-state index in [0.717, 1.165) is 22.4 Å². The quantitative estimate of drug-likeness (QED) is 0.590. The SMILES string of the molecule is O=c1[nH]c(-c2ccc(C(F)(F)F)cc2)nc2c1CN(Cc1cccc(Br)n1)CC2. The van der Waals surface area contributed by atoms with Gasteiger partial charge in [-0.05, 0) is 40.2 Å². The Bertz CT molecular complexity index is 1100. The Balaban J connectivity index is 1.56. The van der Waals surface area contributed by atoms with Gasteiger partial charge in [-0.25, -0.2) is 9.97 Å². The summed E-state index contributed by atoms with van der Waals surface area (Å²) in [6, 6.07) is 10.3. The van der Waals surface area contributed by atoms with E-state index in [4.69, 9.17) is 0 Å². The summed E-state index contributed by atoms with van der Waals surface area (Å²) in [6.45, 7) is 1.77. The molecule has 0 amide bonds. The molecule has 0 saturated carbocycles. The van der Waals surface area contributed by atoms with E-state index in [1.165, 1.54) is 12.1 Å². The number of alkyl halides is 3. The van der Waals surface area contributed by atoms with Crippen LogP contribution in [0.2, 0.25) is 0 Å². The topological polar surface area (TPSA) is 61.9 Å². The van der Waals surface area contributed by atoms with Crippen LogP contribution < -0.4 is 5.56 Å². The fourth-order valence-electron chi connectivity index (χ4n) is 3.34. The van der Waals surface area contributed by atoms with Crippen molar-refractivity contribution in [3.63, 3.8) is 0 Å². The molecule has 0 unspecified atom stereocenters. The zero-order valence-corrected chi connectivity index (χ0v) is 16.7. The van der Waals surface area contributed by atoms with Crippen LogP contribution in [-0.2, 0) is 25.7 Å². The second-order valence-electron chi connectivity index (χ2n) is 6.83. The van der Waals surface area contributed by atoms with Crippen molar-refractivity contribution in [1.29, 1.82) is 0 Å². The van der Waals surface area contributed by atoms with Crippen molar-refractivity contribution in [1.82, 2.24) is 19.9 Å². The molecule has 1 aliphatic rings. The highest BCUT2D eigenvalue weighted by atomic mass is 79.9. The smallest absolute Gasteiger partial charge is 0.306 e. The van der Waals surface area contributed by atoms with Crippen molar-refractivity contribution in [2.45, 2.75) is 25.7 Å². The second-order valence-corrected chi connectivity index (χ2v) is 7.64. The molecular formula is C20H16BrF3N4O. The Labute approximate surface area is 172 Å². The maximum absolute atomic E-state index is 12.7. The summed E-state index contributed by atoms with van der Waals surface area (Å²) in [4.78, 5) is 26.4. The molecule has 0 spiro atoms. The first-order valence-electron chi connectivity index (χ1n) is 8.93. The van der Waals surface area contributed by atoms with Gasteiger partial charge in [-0.3, -0.25) is 9.69 Å². The van der Waals surface area contributed by atoms with Gasteiger partial charge in [0, 0.05) is 31.6 Å². The van der Waals surface area contributed by atoms with Gasteiger partial charge in [-0.15, -0.1) is 0 Å². The van der Waals surface area contributed by atoms with Crippen LogP contribution in [0.1, 0.15) is 22.5 Å². The Morgan fingerprint density at radius 3 is 2.55 bits per heavy atom. The zero-order valence-electron chi connectivity index (χ0n) is 15.1. The minimum Gasteiger partial charge on any atom is -0.306 e. The molecule has 9 heteroatoms. The molecule has 0 fully saturated rings. The van der Waals surface area contributed by atoms with Gasteiger partial charge in [0.15, 0.2) is 0 Å². The molecular weight excluding hydrogens is 449 g/mol. The molecule has 4 rings (SSSR count). The molecule has 0 radical (unpaired) electrons. The summed E-state index contributed by atoms with van der Waals surface area (Å²) in [5.74, 6) is 0.282. The van der Waals surface area contributed by atoms with Gasteiger partial charge in [-0.1, -0.05) is 18.2 Å². The van der Waals surface area contributed by atoms with Crippen molar-refractivity contribution < 1.29 is 13.2 Å². The van der Waals surface area contributed by atoms with Crippen LogP contribution in [0, 0.1) is 0 Å². The molecule has 0 saturated heterocycles. The summed E-state index contributed by atoms with van der Waals surface area (Å²) >= 11 is 3.35. The fraction of sp³-hybridized carbons (Fsp3) is 0.250. The van der Waals surface area contributed by atoms with Gasteiger partial charge < -0.3 is 4.98 Å². The number of aromatic amines is 1. The molecule has 0 bridgehead atoms. The Kier molecular flexibility index (Phi) is 5.26. The first-order valence-corrected chi connectivity index (χ1v) is 9.72. The Morgan fingerprint density at radius 2 is 1.86 bits per heavy atom. The molecule has 29 heavy (non-hydrogen) atoms. The van der Waals surface area contributed by atoms with E-state index in [1.54, 1.807) is 0 Å². The lowest BCUT2D eigenvalue weighted by molar-refractivity contribution is -0.137. The van der Waals surface area contributed by atoms with Gasteiger partial charge in [0.2, 0.25) is 0 Å². The third-order valence-electron chi connectivity index (χ3n) is 4.79. The Hall–Kier alpha value is -2.52. The van der Waals surface area contributed by atoms with Crippen LogP contribution >= 0.6 is 15.9 Å². The van der Waals surface area contributed by atoms with E-state index in [1.807, 2.05) is 18.2 Å². The zero-order chi connectivity index (χ0) is 20.6. The molecule has 5 nitrogen and oxygen atoms in total. The number of nitrogens with one attached hydrogen (secondary N) is 1. The maximum atomic E-state index is 12.7. The van der Waals surface area contributed by atoms with Crippen LogP contribution in [0.4, 0.5) is 13.2 Å². The molecule has 1 N–H and O–H groups in total. The highest BCUT2D eigenvalue weighted by Gasteiger charge is 2.30. The lowest BCUT2D eigenvalue weighted by Gasteiger charge is -2.27. The summed E-state index contributed by atoms with van der Waals surface area (Å²) in [7, 11) is 0. The van der Waals surface area contributed by atoms with E-state index in [-0.39, 0.29) is 11.4 Å². The first kappa shape index (κ1) is 19.8. The van der Waals surface area contributed by atoms with Crippen LogP contribution in [0.3, 0.4) is 0 Å². The van der Waals surface area contributed by atoms with Gasteiger partial charge in [0.1, 0.15) is 10.4 Å². The van der Waals surface area contributed by atoms with Crippen molar-refractivity contribution in [3.8, 4) is 11.4 Å². The predicted octanol–water partition coefficient (Wildman–Crippen LogP) is 4.17. The fourth-order valence-corrected chi connectivity index (χ4v) is 3.72. The third kappa shape index (κ3) is 4.40. The van der Waals surface area contributed by atoms with Gasteiger partial charge in [-0.2, -0.15) is 13.2 Å². The lowest BCUT2D eigenvalue weighted by Crippen LogP contribution is -2.35. The number of nitrogens with zero attached hydrogens (tertiary/aromatic N) is 3. The van der Waals surface area contributed by atoms with Gasteiger partial charge in [0.25, 0.3) is 5.56 Å². The molecule has 3 heterocycles. The summed E-state index contributed by atoms with van der Waals surface area (Å²) < 4.78 is 39.0. The van der Waals surface area contributed by atoms with E-state index in [9.17, 15) is 18.0 Å². The summed E-state index contributed by atoms with van der Waals surface area (Å²) in [5, 5.41) is 0. The largest absolute Gasteiger partial charge is 0.416 e. The minimum atomic E-state index is -4.40. The average Bonchev–Trinajstić information content (AvgIpc) is 2.68. The summed E-state index contributed by atoms with van der Waals surface area (Å²) in [6.07, 6.45) is -3.82. The second kappa shape index (κ2) is 7.72. The van der Waals surface area contributed by atoms with Crippen LogP contribution in [0.25, 0.3) is 11.4 Å². The van der Waals surface area contributed by atoms with Gasteiger partial charge in [0.05, 0.1) is 22.5 Å². The normalized spacial score (nSPS) is 14.6. The molecule has 0 aliphatic carbocycles. The van der Waals surface area contributed by atoms with Crippen molar-refractivity contribution in [2.24, 2.45) is 0 Å². The first-order chi connectivity index (χ1) is 13.8. The van der Waals surface area contributed by atoms with Crippen LogP contribution in [0.5, 0.6) is 0 Å². The highest BCUT2D eigenvalue weighted by molar-refractivity contribution is 9.10. The lowest BCUT2D eigenvalue weighted by atomic mass is 10.1. The highest BCUT2D eigenvalue weighted by Crippen LogP contribution is 2.30. The number of pyridine rings is 1. The van der Waals surface area contributed by atoms with Crippen LogP contribution in [-0.4, -0.2) is 26.4 Å². The number of H-pyrrole nitrogens is 1. The number of halogens is 4. The number of rotatable bonds is 3. The number of fused-ring (bicyclic) bond motifs is 1. The Morgan fingerprint density at radius 1 is 1.10 bits per heavy atom. The molecule has 2 aromatic heterocycles. The number of aromatic nitrogens is 3. The van der Waals surface area contributed by atoms with Crippen LogP contribution in [0.15, 0.2) is 51.9 Å². The van der Waals surface area contributed by atoms with E-state index < -0.39 is 11.7 Å². The third-order valence-corrected chi connectivity index (χ3v) is 5.23. The average molecular weight is 465 g/mol. The molecule has 150 valence electrons. The predicted molar refractivity (Wildman–Crippen MR) is 105 cm³/mol.